The number of thioether (sulfide) groups is 1. The van der Waals surface area contributed by atoms with Crippen LogP contribution in [-0.4, -0.2) is 89.2 Å². The molecule has 2 aromatic rings. The average Bonchev–Trinajstić information content (AvgIpc) is 3.29. The largest absolute Gasteiger partial charge is 0.481 e. The Kier molecular flexibility index (Phi) is 7.16. The zero-order valence-corrected chi connectivity index (χ0v) is 19.9. The Labute approximate surface area is 211 Å². The Morgan fingerprint density at radius 3 is 2.83 bits per heavy atom. The van der Waals surface area contributed by atoms with Crippen LogP contribution in [0.2, 0.25) is 0 Å². The monoisotopic (exact) mass is 533 g/mol. The summed E-state index contributed by atoms with van der Waals surface area (Å²) in [4.78, 5) is 62.5. The van der Waals surface area contributed by atoms with Crippen molar-refractivity contribution >= 4 is 64.0 Å². The summed E-state index contributed by atoms with van der Waals surface area (Å²) in [5, 5.41) is 24.2. The third kappa shape index (κ3) is 5.13. The highest BCUT2D eigenvalue weighted by Gasteiger charge is 2.57. The minimum absolute atomic E-state index is 0.0433. The third-order valence-electron chi connectivity index (χ3n) is 5.31. The molecule has 0 bridgehead atoms. The number of oxime groups is 1. The number of hydrogen-bond donors (Lipinski definition) is 4. The summed E-state index contributed by atoms with van der Waals surface area (Å²) >= 11 is 2.01. The molecule has 2 aliphatic heterocycles. The molecule has 0 spiro atoms. The van der Waals surface area contributed by atoms with Gasteiger partial charge in [-0.2, -0.15) is 9.36 Å². The molecule has 4 heterocycles. The summed E-state index contributed by atoms with van der Waals surface area (Å²) in [6.45, 7) is -0.885. The van der Waals surface area contributed by atoms with Crippen molar-refractivity contribution in [3.05, 3.63) is 42.0 Å². The average molecular weight is 534 g/mol. The molecule has 2 saturated heterocycles. The van der Waals surface area contributed by atoms with E-state index in [2.05, 4.69) is 29.7 Å². The third-order valence-corrected chi connectivity index (χ3v) is 7.40. The molecule has 2 aliphatic rings. The molecule has 0 radical (unpaired) electrons. The Morgan fingerprint density at radius 2 is 2.19 bits per heavy atom. The van der Waals surface area contributed by atoms with Crippen LogP contribution in [0.15, 0.2) is 35.8 Å². The highest BCUT2D eigenvalue weighted by molar-refractivity contribution is 8.00. The van der Waals surface area contributed by atoms with E-state index in [1.165, 1.54) is 16.7 Å². The summed E-state index contributed by atoms with van der Waals surface area (Å²) in [6.07, 6.45) is 6.40. The van der Waals surface area contributed by atoms with Crippen LogP contribution >= 0.6 is 23.3 Å². The molecule has 2 amide bonds. The van der Waals surface area contributed by atoms with Crippen molar-refractivity contribution in [1.29, 1.82) is 0 Å². The maximum Gasteiger partial charge on any atom is 0.344 e. The summed E-state index contributed by atoms with van der Waals surface area (Å²) in [6, 6.07) is 2.55. The zero-order valence-electron chi connectivity index (χ0n) is 18.3. The lowest BCUT2D eigenvalue weighted by molar-refractivity contribution is -0.156. The number of nitrogen functional groups attached to an aromatic ring is 1. The molecule has 3 atom stereocenters. The van der Waals surface area contributed by atoms with Gasteiger partial charge in [-0.3, -0.25) is 19.4 Å². The number of nitrogens with two attached hydrogens (primary N) is 1. The van der Waals surface area contributed by atoms with Gasteiger partial charge in [0.05, 0.1) is 0 Å². The fraction of sp³-hybridized carbons (Fsp3) is 0.300. The van der Waals surface area contributed by atoms with E-state index in [0.717, 1.165) is 17.1 Å². The quantitative estimate of drug-likeness (QED) is 0.183. The molecule has 2 unspecified atom stereocenters. The standard InChI is InChI=1S/C20H19N7O7S2/c21-19-24-14(26-36-19)12(25-34-7-11(28)29)15(30)23-13-16(31)27-8-20(18(32)33,9-35-17(13)27)4-3-10-2-1-5-22-6-10/h1-6,13,17H,7-9H2,(H,23,30)(H,28,29)(H,32,33)(H2,21,24,26)/t13?,17-,20?/m1/s1. The van der Waals surface area contributed by atoms with E-state index in [1.54, 1.807) is 36.7 Å². The molecule has 4 rings (SSSR count). The molecule has 16 heteroatoms. The van der Waals surface area contributed by atoms with E-state index in [4.69, 9.17) is 10.8 Å². The van der Waals surface area contributed by atoms with Crippen LogP contribution in [-0.2, 0) is 24.0 Å². The maximum atomic E-state index is 12.9. The number of carboxylic acid groups (broad SMARTS) is 2. The molecular weight excluding hydrogens is 514 g/mol. The Bertz CT molecular complexity index is 1250. The minimum atomic E-state index is -1.32. The van der Waals surface area contributed by atoms with Gasteiger partial charge in [0, 0.05) is 36.2 Å². The number of amides is 2. The Hall–Kier alpha value is -4.05. The van der Waals surface area contributed by atoms with Crippen molar-refractivity contribution < 1.29 is 34.2 Å². The number of nitrogens with one attached hydrogen (secondary N) is 1. The molecule has 2 fully saturated rings. The molecule has 2 aromatic heterocycles. The maximum absolute atomic E-state index is 12.9. The van der Waals surface area contributed by atoms with Gasteiger partial charge < -0.3 is 31.0 Å². The number of aliphatic carboxylic acids is 2. The van der Waals surface area contributed by atoms with Gasteiger partial charge in [0.25, 0.3) is 5.91 Å². The molecule has 14 nitrogen and oxygen atoms in total. The van der Waals surface area contributed by atoms with E-state index in [9.17, 15) is 24.3 Å². The number of nitrogens with zero attached hydrogens (tertiary/aromatic N) is 5. The van der Waals surface area contributed by atoms with E-state index in [-0.39, 0.29) is 23.3 Å². The Balaban J connectivity index is 1.46. The fourth-order valence-corrected chi connectivity index (χ4v) is 5.45. The normalized spacial score (nSPS) is 23.6. The number of carboxylic acids is 2. The van der Waals surface area contributed by atoms with E-state index in [1.807, 2.05) is 0 Å². The Morgan fingerprint density at radius 1 is 1.39 bits per heavy atom. The highest BCUT2D eigenvalue weighted by atomic mass is 32.2. The van der Waals surface area contributed by atoms with Crippen LogP contribution in [0, 0.1) is 5.41 Å². The molecule has 0 aromatic carbocycles. The van der Waals surface area contributed by atoms with Crippen LogP contribution in [0.4, 0.5) is 5.13 Å². The van der Waals surface area contributed by atoms with Gasteiger partial charge in [-0.05, 0) is 11.6 Å². The fourth-order valence-electron chi connectivity index (χ4n) is 3.50. The van der Waals surface area contributed by atoms with Crippen molar-refractivity contribution in [3.63, 3.8) is 0 Å². The first-order valence-electron chi connectivity index (χ1n) is 10.3. The van der Waals surface area contributed by atoms with E-state index in [0.29, 0.717) is 0 Å². The van der Waals surface area contributed by atoms with Crippen LogP contribution in [0.1, 0.15) is 11.4 Å². The van der Waals surface area contributed by atoms with Gasteiger partial charge in [-0.1, -0.05) is 23.4 Å². The lowest BCUT2D eigenvalue weighted by Gasteiger charge is -2.53. The number of fused-ring (bicyclic) bond motifs is 1. The minimum Gasteiger partial charge on any atom is -0.481 e. The second kappa shape index (κ2) is 10.3. The van der Waals surface area contributed by atoms with Crippen LogP contribution in [0.25, 0.3) is 6.08 Å². The predicted molar refractivity (Wildman–Crippen MR) is 128 cm³/mol. The van der Waals surface area contributed by atoms with Crippen molar-refractivity contribution in [2.45, 2.75) is 11.4 Å². The van der Waals surface area contributed by atoms with Crippen LogP contribution < -0.4 is 11.1 Å². The first-order chi connectivity index (χ1) is 17.2. The lowest BCUT2D eigenvalue weighted by Crippen LogP contribution is -2.73. The second-order valence-corrected chi connectivity index (χ2v) is 9.65. The number of hydrogen-bond acceptors (Lipinski definition) is 12. The zero-order chi connectivity index (χ0) is 25.9. The van der Waals surface area contributed by atoms with Gasteiger partial charge >= 0.3 is 11.9 Å². The number of anilines is 1. The van der Waals surface area contributed by atoms with Crippen molar-refractivity contribution in [2.24, 2.45) is 10.6 Å². The summed E-state index contributed by atoms with van der Waals surface area (Å²) in [5.74, 6) is -3.77. The molecule has 36 heavy (non-hydrogen) atoms. The van der Waals surface area contributed by atoms with E-state index < -0.39 is 52.9 Å². The first kappa shape index (κ1) is 25.1. The van der Waals surface area contributed by atoms with Crippen LogP contribution in [0.3, 0.4) is 0 Å². The molecular formula is C20H19N7O7S2. The van der Waals surface area contributed by atoms with Crippen LogP contribution in [0.5, 0.6) is 0 Å². The second-order valence-electron chi connectivity index (χ2n) is 7.76. The number of carbonyl (C=O) groups excluding carboxylic acids is 2. The number of rotatable bonds is 9. The number of β-lactam (4-membered cyclic amide) rings is 1. The van der Waals surface area contributed by atoms with Crippen molar-refractivity contribution in [2.75, 3.05) is 24.6 Å². The van der Waals surface area contributed by atoms with Gasteiger partial charge in [-0.25, -0.2) is 4.79 Å². The predicted octanol–water partition coefficient (Wildman–Crippen LogP) is -0.495. The van der Waals surface area contributed by atoms with Gasteiger partial charge in [0.15, 0.2) is 5.13 Å². The van der Waals surface area contributed by atoms with Crippen molar-refractivity contribution in [3.8, 4) is 0 Å². The number of carbonyl (C=O) groups is 4. The lowest BCUT2D eigenvalue weighted by atomic mass is 9.86. The van der Waals surface area contributed by atoms with Crippen molar-refractivity contribution in [1.82, 2.24) is 24.6 Å². The topological polar surface area (TPSA) is 210 Å². The smallest absolute Gasteiger partial charge is 0.344 e. The number of aromatic nitrogens is 3. The van der Waals surface area contributed by atoms with Gasteiger partial charge in [0.1, 0.15) is 16.8 Å². The SMILES string of the molecule is Nc1nc(C(=NOCC(=O)O)C(=O)NC2C(=O)N3CC(C=Cc4cccnc4)(C(=O)O)CS[C@H]23)ns1. The molecule has 0 saturated carbocycles. The molecule has 5 N–H and O–H groups in total. The molecule has 0 aliphatic carbocycles. The van der Waals surface area contributed by atoms with Gasteiger partial charge in [-0.15, -0.1) is 11.8 Å². The first-order valence-corrected chi connectivity index (χ1v) is 12.1. The van der Waals surface area contributed by atoms with Gasteiger partial charge in [0.2, 0.25) is 24.1 Å². The molecule has 188 valence electrons. The summed E-state index contributed by atoms with van der Waals surface area (Å²) in [7, 11) is 0. The number of pyridine rings is 1. The summed E-state index contributed by atoms with van der Waals surface area (Å²) < 4.78 is 3.88. The summed E-state index contributed by atoms with van der Waals surface area (Å²) in [5.41, 5.74) is 4.51. The van der Waals surface area contributed by atoms with E-state index >= 15 is 0 Å². The highest BCUT2D eigenvalue weighted by Crippen LogP contribution is 2.43.